The van der Waals surface area contributed by atoms with Crippen molar-refractivity contribution >= 4 is 35.3 Å². The molecule has 3 aromatic rings. The van der Waals surface area contributed by atoms with Crippen LogP contribution >= 0.6 is 11.6 Å². The molecule has 2 heterocycles. The van der Waals surface area contributed by atoms with E-state index in [1.165, 1.54) is 28.7 Å². The van der Waals surface area contributed by atoms with Gasteiger partial charge in [-0.1, -0.05) is 23.3 Å². The lowest BCUT2D eigenvalue weighted by atomic mass is 9.93. The summed E-state index contributed by atoms with van der Waals surface area (Å²) in [5, 5.41) is 7.65. The molecule has 0 spiro atoms. The largest absolute Gasteiger partial charge is 0.348 e. The van der Waals surface area contributed by atoms with Gasteiger partial charge in [0.1, 0.15) is 5.82 Å². The van der Waals surface area contributed by atoms with Crippen molar-refractivity contribution in [1.29, 1.82) is 0 Å². The maximum absolute atomic E-state index is 13.3. The van der Waals surface area contributed by atoms with E-state index >= 15 is 0 Å². The third kappa shape index (κ3) is 5.22. The summed E-state index contributed by atoms with van der Waals surface area (Å²) in [5.41, 5.74) is 4.52. The quantitative estimate of drug-likeness (QED) is 0.411. The minimum absolute atomic E-state index is 0.0237. The Balaban J connectivity index is 1.33. The zero-order valence-corrected chi connectivity index (χ0v) is 19.3. The predicted molar refractivity (Wildman–Crippen MR) is 125 cm³/mol. The second kappa shape index (κ2) is 9.70. The van der Waals surface area contributed by atoms with Crippen LogP contribution in [-0.2, 0) is 4.79 Å². The Hall–Kier alpha value is -3.26. The molecular formula is C24H25ClFN5O2. The van der Waals surface area contributed by atoms with Crippen molar-refractivity contribution in [2.75, 3.05) is 11.4 Å². The van der Waals surface area contributed by atoms with E-state index in [0.29, 0.717) is 42.8 Å². The molecule has 2 amide bonds. The maximum Gasteiger partial charge on any atom is 0.272 e. The summed E-state index contributed by atoms with van der Waals surface area (Å²) < 4.78 is 14.9. The van der Waals surface area contributed by atoms with Crippen LogP contribution in [0.25, 0.3) is 5.65 Å². The second-order valence-corrected chi connectivity index (χ2v) is 8.70. The van der Waals surface area contributed by atoms with E-state index < -0.39 is 5.82 Å². The number of rotatable bonds is 7. The van der Waals surface area contributed by atoms with Crippen LogP contribution in [0.3, 0.4) is 0 Å². The molecule has 1 aliphatic rings. The lowest BCUT2D eigenvalue weighted by Crippen LogP contribution is -2.36. The first-order valence-electron chi connectivity index (χ1n) is 10.8. The van der Waals surface area contributed by atoms with Crippen molar-refractivity contribution in [3.05, 3.63) is 69.9 Å². The summed E-state index contributed by atoms with van der Waals surface area (Å²) in [6.07, 6.45) is 5.84. The number of nitrogens with one attached hydrogen (secondary N) is 1. The number of aryl methyl sites for hydroxylation is 2. The van der Waals surface area contributed by atoms with E-state index in [-0.39, 0.29) is 17.0 Å². The van der Waals surface area contributed by atoms with Gasteiger partial charge in [0.25, 0.3) is 5.91 Å². The molecule has 1 aromatic carbocycles. The Morgan fingerprint density at radius 1 is 1.33 bits per heavy atom. The number of hydrogen-bond acceptors (Lipinski definition) is 4. The Morgan fingerprint density at radius 2 is 2.15 bits per heavy atom. The van der Waals surface area contributed by atoms with Crippen molar-refractivity contribution in [1.82, 2.24) is 19.9 Å². The number of carbonyl (C=O) groups is 2. The van der Waals surface area contributed by atoms with E-state index in [0.717, 1.165) is 24.2 Å². The predicted octanol–water partition coefficient (Wildman–Crippen LogP) is 4.40. The van der Waals surface area contributed by atoms with Gasteiger partial charge in [0.2, 0.25) is 6.41 Å². The standard InChI is InChI=1S/C24H25ClFN5O2/c1-15-11-16(2)31-23(27-15)13-21(29-31)24(33)28-19-6-3-17(4-7-19)9-10-30(14-32)22-8-5-18(26)12-20(22)25/h3,5,8,11-14,19H,4,6-7,9-10H2,1-2H3,(H,28,33)/t19-/m0/s1. The monoisotopic (exact) mass is 469 g/mol. The fraction of sp³-hybridized carbons (Fsp3) is 0.333. The van der Waals surface area contributed by atoms with Crippen molar-refractivity contribution in [2.24, 2.45) is 0 Å². The number of amides is 2. The summed E-state index contributed by atoms with van der Waals surface area (Å²) in [4.78, 5) is 30.1. The molecule has 0 aliphatic heterocycles. The smallest absolute Gasteiger partial charge is 0.272 e. The molecule has 172 valence electrons. The van der Waals surface area contributed by atoms with Crippen LogP contribution in [0, 0.1) is 19.7 Å². The lowest BCUT2D eigenvalue weighted by molar-refractivity contribution is -0.107. The van der Waals surface area contributed by atoms with Crippen molar-refractivity contribution in [2.45, 2.75) is 45.6 Å². The van der Waals surface area contributed by atoms with E-state index in [2.05, 4.69) is 21.5 Å². The van der Waals surface area contributed by atoms with Gasteiger partial charge in [-0.2, -0.15) is 5.10 Å². The Kier molecular flexibility index (Phi) is 6.74. The SMILES string of the molecule is Cc1cc(C)n2nc(C(=O)N[C@H]3CC=C(CCN(C=O)c4ccc(F)cc4Cl)CC3)cc2n1. The highest BCUT2D eigenvalue weighted by Crippen LogP contribution is 2.27. The first-order chi connectivity index (χ1) is 15.8. The van der Waals surface area contributed by atoms with Crippen LogP contribution < -0.4 is 10.2 Å². The summed E-state index contributed by atoms with van der Waals surface area (Å²) in [5.74, 6) is -0.652. The summed E-state index contributed by atoms with van der Waals surface area (Å²) in [6.45, 7) is 4.29. The molecule has 2 aromatic heterocycles. The van der Waals surface area contributed by atoms with Gasteiger partial charge in [0.05, 0.1) is 10.7 Å². The molecule has 0 saturated carbocycles. The molecule has 33 heavy (non-hydrogen) atoms. The number of fused-ring (bicyclic) bond motifs is 1. The van der Waals surface area contributed by atoms with E-state index in [4.69, 9.17) is 11.6 Å². The Bertz CT molecular complexity index is 1240. The molecule has 0 saturated heterocycles. The number of aromatic nitrogens is 3. The summed E-state index contributed by atoms with van der Waals surface area (Å²) in [7, 11) is 0. The Morgan fingerprint density at radius 3 is 2.85 bits per heavy atom. The second-order valence-electron chi connectivity index (χ2n) is 8.29. The molecule has 0 bridgehead atoms. The number of nitrogens with zero attached hydrogens (tertiary/aromatic N) is 4. The topological polar surface area (TPSA) is 79.6 Å². The van der Waals surface area contributed by atoms with Gasteiger partial charge in [-0.15, -0.1) is 0 Å². The van der Waals surface area contributed by atoms with Gasteiger partial charge >= 0.3 is 0 Å². The van der Waals surface area contributed by atoms with Crippen LogP contribution in [0.1, 0.15) is 47.6 Å². The molecule has 4 rings (SSSR count). The first-order valence-corrected chi connectivity index (χ1v) is 11.2. The van der Waals surface area contributed by atoms with E-state index in [1.807, 2.05) is 19.9 Å². The number of anilines is 1. The van der Waals surface area contributed by atoms with Gasteiger partial charge in [0.15, 0.2) is 11.3 Å². The zero-order chi connectivity index (χ0) is 23.5. The highest BCUT2D eigenvalue weighted by molar-refractivity contribution is 6.33. The molecule has 1 atom stereocenters. The van der Waals surface area contributed by atoms with E-state index in [1.54, 1.807) is 10.6 Å². The van der Waals surface area contributed by atoms with Crippen molar-refractivity contribution in [3.8, 4) is 0 Å². The molecule has 1 aliphatic carbocycles. The van der Waals surface area contributed by atoms with Crippen LogP contribution in [-0.4, -0.2) is 39.5 Å². The Labute approximate surface area is 196 Å². The minimum atomic E-state index is -0.442. The van der Waals surface area contributed by atoms with Crippen molar-refractivity contribution in [3.63, 3.8) is 0 Å². The van der Waals surface area contributed by atoms with Gasteiger partial charge in [0, 0.05) is 30.0 Å². The minimum Gasteiger partial charge on any atom is -0.348 e. The third-order valence-corrected chi connectivity index (χ3v) is 6.13. The van der Waals surface area contributed by atoms with Gasteiger partial charge in [-0.3, -0.25) is 9.59 Å². The molecular weight excluding hydrogens is 445 g/mol. The fourth-order valence-corrected chi connectivity index (χ4v) is 4.39. The molecule has 7 nitrogen and oxygen atoms in total. The van der Waals surface area contributed by atoms with E-state index in [9.17, 15) is 14.0 Å². The molecule has 9 heteroatoms. The number of carbonyl (C=O) groups excluding carboxylic acids is 2. The van der Waals surface area contributed by atoms with Crippen LogP contribution in [0.2, 0.25) is 5.02 Å². The summed E-state index contributed by atoms with van der Waals surface area (Å²) >= 11 is 6.08. The zero-order valence-electron chi connectivity index (χ0n) is 18.5. The third-order valence-electron chi connectivity index (χ3n) is 5.83. The first kappa shape index (κ1) is 22.9. The number of hydrogen-bond donors (Lipinski definition) is 1. The van der Waals surface area contributed by atoms with Crippen LogP contribution in [0.4, 0.5) is 10.1 Å². The molecule has 0 unspecified atom stereocenters. The average molecular weight is 470 g/mol. The van der Waals surface area contributed by atoms with Crippen LogP contribution in [0.15, 0.2) is 42.0 Å². The summed E-state index contributed by atoms with van der Waals surface area (Å²) in [6, 6.07) is 7.63. The van der Waals surface area contributed by atoms with Crippen LogP contribution in [0.5, 0.6) is 0 Å². The normalized spacial score (nSPS) is 15.9. The number of halogens is 2. The highest BCUT2D eigenvalue weighted by atomic mass is 35.5. The number of benzene rings is 1. The van der Waals surface area contributed by atoms with Gasteiger partial charge < -0.3 is 10.2 Å². The molecule has 0 radical (unpaired) electrons. The molecule has 1 N–H and O–H groups in total. The molecule has 0 fully saturated rings. The van der Waals surface area contributed by atoms with Crippen molar-refractivity contribution < 1.29 is 14.0 Å². The van der Waals surface area contributed by atoms with Gasteiger partial charge in [-0.25, -0.2) is 13.9 Å². The lowest BCUT2D eigenvalue weighted by Gasteiger charge is -2.24. The average Bonchev–Trinajstić information content (AvgIpc) is 3.21. The maximum atomic E-state index is 13.3. The highest BCUT2D eigenvalue weighted by Gasteiger charge is 2.20. The fourth-order valence-electron chi connectivity index (χ4n) is 4.11. The van der Waals surface area contributed by atoms with Gasteiger partial charge in [-0.05, 0) is 63.8 Å².